The van der Waals surface area contributed by atoms with Crippen LogP contribution in [0, 0.1) is 22.7 Å². The first kappa shape index (κ1) is 13.9. The Morgan fingerprint density at radius 2 is 2.15 bits per heavy atom. The van der Waals surface area contributed by atoms with Gasteiger partial charge in [0.2, 0.25) is 5.95 Å². The van der Waals surface area contributed by atoms with Crippen molar-refractivity contribution in [3.63, 3.8) is 0 Å². The van der Waals surface area contributed by atoms with Crippen LogP contribution in [0.25, 0.3) is 0 Å². The second-order valence-electron chi connectivity index (χ2n) is 3.93. The Morgan fingerprint density at radius 3 is 2.75 bits per heavy atom. The number of nitrogens with two attached hydrogens (primary N) is 1. The number of hydrogen-bond acceptors (Lipinski definition) is 5. The molecule has 1 aromatic carbocycles. The van der Waals surface area contributed by atoms with Crippen molar-refractivity contribution in [1.82, 2.24) is 9.55 Å². The predicted octanol–water partition coefficient (Wildman–Crippen LogP) is 2.03. The summed E-state index contributed by atoms with van der Waals surface area (Å²) in [6, 6.07) is 9.34. The summed E-state index contributed by atoms with van der Waals surface area (Å²) in [6.07, 6.45) is 0. The fourth-order valence-electron chi connectivity index (χ4n) is 1.86. The Morgan fingerprint density at radius 1 is 1.40 bits per heavy atom. The van der Waals surface area contributed by atoms with Gasteiger partial charge in [0.15, 0.2) is 11.4 Å². The average molecular weight is 332 g/mol. The van der Waals surface area contributed by atoms with E-state index >= 15 is 0 Å². The Bertz CT molecular complexity index is 738. The Labute approximate surface area is 124 Å². The molecule has 2 N–H and O–H groups in total. The molecule has 2 rings (SSSR count). The summed E-state index contributed by atoms with van der Waals surface area (Å²) < 4.78 is 7.65. The van der Waals surface area contributed by atoms with Crippen LogP contribution < -0.4 is 10.5 Å². The van der Waals surface area contributed by atoms with Gasteiger partial charge in [0.1, 0.15) is 17.9 Å². The summed E-state index contributed by atoms with van der Waals surface area (Å²) in [6.45, 7) is 0.298. The zero-order valence-corrected chi connectivity index (χ0v) is 12.2. The third kappa shape index (κ3) is 2.44. The van der Waals surface area contributed by atoms with Crippen LogP contribution in [0.1, 0.15) is 17.0 Å². The first-order valence-electron chi connectivity index (χ1n) is 5.59. The monoisotopic (exact) mass is 331 g/mol. The van der Waals surface area contributed by atoms with Gasteiger partial charge in [0.25, 0.3) is 0 Å². The third-order valence-electron chi connectivity index (χ3n) is 2.78. The van der Waals surface area contributed by atoms with Gasteiger partial charge in [0, 0.05) is 10.0 Å². The van der Waals surface area contributed by atoms with Gasteiger partial charge >= 0.3 is 0 Å². The number of halogens is 1. The number of ether oxygens (including phenoxy) is 1. The van der Waals surface area contributed by atoms with Crippen molar-refractivity contribution >= 4 is 21.9 Å². The molecule has 0 aliphatic heterocycles. The van der Waals surface area contributed by atoms with E-state index in [1.807, 2.05) is 30.3 Å². The molecule has 0 amide bonds. The Kier molecular flexibility index (Phi) is 3.92. The molecule has 0 atom stereocenters. The topological polar surface area (TPSA) is 101 Å². The van der Waals surface area contributed by atoms with Gasteiger partial charge in [-0.1, -0.05) is 15.9 Å². The van der Waals surface area contributed by atoms with Gasteiger partial charge in [-0.3, -0.25) is 4.57 Å². The minimum absolute atomic E-state index is 0.0268. The van der Waals surface area contributed by atoms with E-state index in [4.69, 9.17) is 21.0 Å². The first-order valence-corrected chi connectivity index (χ1v) is 6.38. The van der Waals surface area contributed by atoms with E-state index in [2.05, 4.69) is 20.9 Å². The summed E-state index contributed by atoms with van der Waals surface area (Å²) in [4.78, 5) is 3.88. The molecule has 2 aromatic rings. The number of anilines is 1. The lowest BCUT2D eigenvalue weighted by atomic mass is 10.2. The van der Waals surface area contributed by atoms with Crippen LogP contribution in [-0.4, -0.2) is 16.7 Å². The van der Waals surface area contributed by atoms with E-state index in [1.165, 1.54) is 4.57 Å². The summed E-state index contributed by atoms with van der Waals surface area (Å²) in [7, 11) is 1.57. The maximum absolute atomic E-state index is 9.14. The fourth-order valence-corrected chi connectivity index (χ4v) is 2.27. The van der Waals surface area contributed by atoms with Crippen molar-refractivity contribution in [1.29, 1.82) is 10.5 Å². The summed E-state index contributed by atoms with van der Waals surface area (Å²) >= 11 is 3.38. The van der Waals surface area contributed by atoms with Crippen LogP contribution in [0.3, 0.4) is 0 Å². The summed E-state index contributed by atoms with van der Waals surface area (Å²) in [5.74, 6) is 0.795. The molecule has 7 heteroatoms. The van der Waals surface area contributed by atoms with Gasteiger partial charge < -0.3 is 10.5 Å². The van der Waals surface area contributed by atoms with Crippen LogP contribution in [0.15, 0.2) is 22.7 Å². The maximum atomic E-state index is 9.14. The number of imidazole rings is 1. The maximum Gasteiger partial charge on any atom is 0.202 e. The molecule has 1 heterocycles. The highest BCUT2D eigenvalue weighted by Gasteiger charge is 2.16. The molecule has 1 aromatic heterocycles. The second kappa shape index (κ2) is 5.64. The fraction of sp³-hybridized carbons (Fsp3) is 0.154. The average Bonchev–Trinajstić information content (AvgIpc) is 2.75. The zero-order valence-electron chi connectivity index (χ0n) is 10.6. The summed E-state index contributed by atoms with van der Waals surface area (Å²) in [5.41, 5.74) is 6.77. The quantitative estimate of drug-likeness (QED) is 0.927. The SMILES string of the molecule is COc1ccc(Br)cc1Cn1c(N)nc(C#N)c1C#N. The zero-order chi connectivity index (χ0) is 14.7. The van der Waals surface area contributed by atoms with E-state index in [9.17, 15) is 0 Å². The first-order chi connectivity index (χ1) is 9.60. The van der Waals surface area contributed by atoms with Crippen LogP contribution in [-0.2, 0) is 6.54 Å². The van der Waals surface area contributed by atoms with Crippen LogP contribution in [0.5, 0.6) is 5.75 Å². The number of aromatic nitrogens is 2. The van der Waals surface area contributed by atoms with Gasteiger partial charge in [0.05, 0.1) is 13.7 Å². The molecule has 0 radical (unpaired) electrons. The largest absolute Gasteiger partial charge is 0.496 e. The minimum atomic E-state index is 0.0268. The van der Waals surface area contributed by atoms with Crippen molar-refractivity contribution in [2.75, 3.05) is 12.8 Å². The summed E-state index contributed by atoms with van der Waals surface area (Å²) in [5, 5.41) is 18.1. The molecule has 0 aliphatic rings. The van der Waals surface area contributed by atoms with Gasteiger partial charge in [-0.05, 0) is 18.2 Å². The van der Waals surface area contributed by atoms with E-state index in [-0.39, 0.29) is 17.3 Å². The smallest absolute Gasteiger partial charge is 0.202 e. The number of methoxy groups -OCH3 is 1. The van der Waals surface area contributed by atoms with Crippen LogP contribution in [0.4, 0.5) is 5.95 Å². The molecular weight excluding hydrogens is 322 g/mol. The van der Waals surface area contributed by atoms with Crippen molar-refractivity contribution in [2.45, 2.75) is 6.54 Å². The van der Waals surface area contributed by atoms with Crippen LogP contribution in [0.2, 0.25) is 0 Å². The number of nitrogens with zero attached hydrogens (tertiary/aromatic N) is 4. The van der Waals surface area contributed by atoms with E-state index in [0.29, 0.717) is 12.3 Å². The lowest BCUT2D eigenvalue weighted by Crippen LogP contribution is -2.08. The van der Waals surface area contributed by atoms with E-state index in [0.717, 1.165) is 10.0 Å². The van der Waals surface area contributed by atoms with Gasteiger partial charge in [-0.25, -0.2) is 4.98 Å². The minimum Gasteiger partial charge on any atom is -0.496 e. The van der Waals surface area contributed by atoms with Crippen LogP contribution >= 0.6 is 15.9 Å². The number of hydrogen-bond donors (Lipinski definition) is 1. The molecule has 0 spiro atoms. The molecule has 0 aliphatic carbocycles. The van der Waals surface area contributed by atoms with E-state index in [1.54, 1.807) is 7.11 Å². The standard InChI is InChI=1S/C13H10BrN5O/c1-20-12-3-2-9(14)4-8(12)7-19-11(6-16)10(5-15)18-13(19)17/h2-4H,7H2,1H3,(H2,17,18). The van der Waals surface area contributed by atoms with Gasteiger partial charge in [-0.2, -0.15) is 10.5 Å². The molecule has 0 fully saturated rings. The number of nitriles is 2. The molecule has 6 nitrogen and oxygen atoms in total. The van der Waals surface area contributed by atoms with Crippen molar-refractivity contribution in [2.24, 2.45) is 0 Å². The number of nitrogen functional groups attached to an aromatic ring is 1. The molecular formula is C13H10BrN5O. The second-order valence-corrected chi connectivity index (χ2v) is 4.85. The highest BCUT2D eigenvalue weighted by Crippen LogP contribution is 2.25. The Hall–Kier alpha value is -2.51. The molecule has 20 heavy (non-hydrogen) atoms. The number of benzene rings is 1. The van der Waals surface area contributed by atoms with Crippen molar-refractivity contribution < 1.29 is 4.74 Å². The van der Waals surface area contributed by atoms with Crippen molar-refractivity contribution in [3.05, 3.63) is 39.6 Å². The molecule has 0 unspecified atom stereocenters. The van der Waals surface area contributed by atoms with Crippen molar-refractivity contribution in [3.8, 4) is 17.9 Å². The molecule has 100 valence electrons. The van der Waals surface area contributed by atoms with Gasteiger partial charge in [-0.15, -0.1) is 0 Å². The molecule has 0 saturated carbocycles. The lowest BCUT2D eigenvalue weighted by molar-refractivity contribution is 0.408. The lowest BCUT2D eigenvalue weighted by Gasteiger charge is -2.11. The van der Waals surface area contributed by atoms with E-state index < -0.39 is 0 Å². The predicted molar refractivity (Wildman–Crippen MR) is 75.9 cm³/mol. The normalized spacial score (nSPS) is 9.80. The third-order valence-corrected chi connectivity index (χ3v) is 3.27. The highest BCUT2D eigenvalue weighted by molar-refractivity contribution is 9.10. The molecule has 0 bridgehead atoms. The Balaban J connectivity index is 2.51. The molecule has 0 saturated heterocycles. The highest BCUT2D eigenvalue weighted by atomic mass is 79.9. The number of rotatable bonds is 3.